The molecule has 0 radical (unpaired) electrons. The van der Waals surface area contributed by atoms with Crippen LogP contribution < -0.4 is 4.74 Å². The van der Waals surface area contributed by atoms with E-state index >= 15 is 0 Å². The van der Waals surface area contributed by atoms with Crippen molar-refractivity contribution in [1.82, 2.24) is 9.78 Å². The number of ether oxygens (including phenoxy) is 1. The smallest absolute Gasteiger partial charge is 0.341 e. The number of benzene rings is 3. The quantitative estimate of drug-likeness (QED) is 0.399. The zero-order valence-electron chi connectivity index (χ0n) is 17.5. The topological polar surface area (TPSA) is 64.3 Å². The van der Waals surface area contributed by atoms with Crippen molar-refractivity contribution in [2.24, 2.45) is 0 Å². The van der Waals surface area contributed by atoms with E-state index < -0.39 is 5.97 Å². The molecule has 4 aromatic rings. The van der Waals surface area contributed by atoms with Gasteiger partial charge in [0.15, 0.2) is 6.61 Å². The number of hydrogen-bond acceptors (Lipinski definition) is 3. The molecule has 0 aliphatic carbocycles. The van der Waals surface area contributed by atoms with Crippen molar-refractivity contribution < 1.29 is 14.6 Å². The second kappa shape index (κ2) is 10.3. The molecule has 5 heteroatoms. The molecule has 1 aromatic heterocycles. The van der Waals surface area contributed by atoms with Gasteiger partial charge in [0.2, 0.25) is 0 Å². The van der Waals surface area contributed by atoms with Gasteiger partial charge in [-0.05, 0) is 28.8 Å². The Labute approximate surface area is 187 Å². The zero-order chi connectivity index (χ0) is 22.2. The molecule has 0 aliphatic heterocycles. The molecule has 3 aromatic carbocycles. The summed E-state index contributed by atoms with van der Waals surface area (Å²) in [6.07, 6.45) is 8.01. The first-order chi connectivity index (χ1) is 15.7. The zero-order valence-corrected chi connectivity index (χ0v) is 17.5. The van der Waals surface area contributed by atoms with Gasteiger partial charge in [0, 0.05) is 17.7 Å². The van der Waals surface area contributed by atoms with Gasteiger partial charge in [-0.1, -0.05) is 84.9 Å². The fourth-order valence-electron chi connectivity index (χ4n) is 3.65. The average Bonchev–Trinajstić information content (AvgIpc) is 3.28. The van der Waals surface area contributed by atoms with Gasteiger partial charge >= 0.3 is 5.97 Å². The minimum absolute atomic E-state index is 0.123. The normalized spacial score (nSPS) is 11.2. The van der Waals surface area contributed by atoms with Crippen LogP contribution in [0, 0.1) is 0 Å². The fraction of sp³-hybridized carbons (Fsp3) is 0.111. The number of rotatable bonds is 9. The average molecular weight is 425 g/mol. The van der Waals surface area contributed by atoms with Crippen LogP contribution in [0.1, 0.15) is 28.2 Å². The Kier molecular flexibility index (Phi) is 6.78. The largest absolute Gasteiger partial charge is 0.482 e. The SMILES string of the molecule is O=C(O)COc1cccc(/C=C/Cn2cc(C(c3ccccc3)c3ccccc3)cn2)c1. The van der Waals surface area contributed by atoms with E-state index in [0.29, 0.717) is 12.3 Å². The Morgan fingerprint density at radius 3 is 2.28 bits per heavy atom. The molecule has 0 bridgehead atoms. The lowest BCUT2D eigenvalue weighted by molar-refractivity contribution is -0.139. The predicted octanol–water partition coefficient (Wildman–Crippen LogP) is 5.24. The number of carbonyl (C=O) groups is 1. The van der Waals surface area contributed by atoms with Gasteiger partial charge in [-0.2, -0.15) is 5.10 Å². The maximum Gasteiger partial charge on any atom is 0.341 e. The number of aliphatic carboxylic acids is 1. The Morgan fingerprint density at radius 2 is 1.62 bits per heavy atom. The summed E-state index contributed by atoms with van der Waals surface area (Å²) in [5.41, 5.74) is 4.53. The number of aromatic nitrogens is 2. The molecule has 0 atom stereocenters. The van der Waals surface area contributed by atoms with E-state index in [1.807, 2.05) is 53.4 Å². The second-order valence-electron chi connectivity index (χ2n) is 7.41. The van der Waals surface area contributed by atoms with Gasteiger partial charge in [-0.15, -0.1) is 0 Å². The van der Waals surface area contributed by atoms with E-state index in [4.69, 9.17) is 9.84 Å². The van der Waals surface area contributed by atoms with Crippen LogP contribution in [0.2, 0.25) is 0 Å². The summed E-state index contributed by atoms with van der Waals surface area (Å²) in [5, 5.41) is 13.3. The third-order valence-corrected chi connectivity index (χ3v) is 5.08. The van der Waals surface area contributed by atoms with E-state index in [-0.39, 0.29) is 12.5 Å². The summed E-state index contributed by atoms with van der Waals surface area (Å²) in [6, 6.07) is 28.2. The molecule has 0 aliphatic rings. The van der Waals surface area contributed by atoms with Crippen LogP contribution in [0.5, 0.6) is 5.75 Å². The van der Waals surface area contributed by atoms with Crippen molar-refractivity contribution in [3.05, 3.63) is 126 Å². The van der Waals surface area contributed by atoms with Crippen molar-refractivity contribution >= 4 is 12.0 Å². The Hall–Kier alpha value is -4.12. The molecule has 0 saturated carbocycles. The summed E-state index contributed by atoms with van der Waals surface area (Å²) >= 11 is 0. The standard InChI is InChI=1S/C27H24N2O3/c30-26(31)20-32-25-15-7-9-21(17-25)10-8-16-29-19-24(18-28-29)27(22-11-3-1-4-12-22)23-13-5-2-6-14-23/h1-15,17-19,27H,16,20H2,(H,30,31)/b10-8+. The highest BCUT2D eigenvalue weighted by atomic mass is 16.5. The Morgan fingerprint density at radius 1 is 0.938 bits per heavy atom. The van der Waals surface area contributed by atoms with Gasteiger partial charge in [-0.25, -0.2) is 4.79 Å². The first-order valence-electron chi connectivity index (χ1n) is 10.4. The van der Waals surface area contributed by atoms with E-state index in [2.05, 4.69) is 59.8 Å². The maximum atomic E-state index is 10.7. The van der Waals surface area contributed by atoms with Crippen molar-refractivity contribution in [2.75, 3.05) is 6.61 Å². The highest BCUT2D eigenvalue weighted by Gasteiger charge is 2.17. The molecular formula is C27H24N2O3. The van der Waals surface area contributed by atoms with Crippen LogP contribution in [0.15, 0.2) is 103 Å². The highest BCUT2D eigenvalue weighted by Crippen LogP contribution is 2.31. The molecule has 0 saturated heterocycles. The first-order valence-corrected chi connectivity index (χ1v) is 10.4. The van der Waals surface area contributed by atoms with Crippen LogP contribution in [0.3, 0.4) is 0 Å². The van der Waals surface area contributed by atoms with Crippen molar-refractivity contribution in [3.63, 3.8) is 0 Å². The monoisotopic (exact) mass is 424 g/mol. The molecule has 4 rings (SSSR count). The van der Waals surface area contributed by atoms with E-state index in [9.17, 15) is 4.79 Å². The summed E-state index contributed by atoms with van der Waals surface area (Å²) in [7, 11) is 0. The van der Waals surface area contributed by atoms with Crippen LogP contribution >= 0.6 is 0 Å². The fourth-order valence-corrected chi connectivity index (χ4v) is 3.65. The lowest BCUT2D eigenvalue weighted by atomic mass is 9.87. The van der Waals surface area contributed by atoms with Crippen LogP contribution in [0.25, 0.3) is 6.08 Å². The van der Waals surface area contributed by atoms with Crippen molar-refractivity contribution in [1.29, 1.82) is 0 Å². The van der Waals surface area contributed by atoms with Crippen molar-refractivity contribution in [2.45, 2.75) is 12.5 Å². The molecule has 0 unspecified atom stereocenters. The molecule has 5 nitrogen and oxygen atoms in total. The number of carboxylic acid groups (broad SMARTS) is 1. The van der Waals surface area contributed by atoms with E-state index in [1.165, 1.54) is 11.1 Å². The van der Waals surface area contributed by atoms with Gasteiger partial charge in [0.25, 0.3) is 0 Å². The molecule has 1 N–H and O–H groups in total. The van der Waals surface area contributed by atoms with E-state index in [0.717, 1.165) is 11.1 Å². The molecular weight excluding hydrogens is 400 g/mol. The molecule has 32 heavy (non-hydrogen) atoms. The lowest BCUT2D eigenvalue weighted by Gasteiger charge is -2.16. The molecule has 160 valence electrons. The molecule has 0 fully saturated rings. The number of carboxylic acids is 1. The van der Waals surface area contributed by atoms with Crippen LogP contribution in [0.4, 0.5) is 0 Å². The van der Waals surface area contributed by atoms with Gasteiger partial charge in [-0.3, -0.25) is 4.68 Å². The van der Waals surface area contributed by atoms with Crippen LogP contribution in [-0.4, -0.2) is 27.5 Å². The van der Waals surface area contributed by atoms with Gasteiger partial charge < -0.3 is 9.84 Å². The number of nitrogens with zero attached hydrogens (tertiary/aromatic N) is 2. The molecule has 0 amide bonds. The molecule has 1 heterocycles. The minimum Gasteiger partial charge on any atom is -0.482 e. The third kappa shape index (κ3) is 5.52. The predicted molar refractivity (Wildman–Crippen MR) is 125 cm³/mol. The minimum atomic E-state index is -0.996. The van der Waals surface area contributed by atoms with Crippen LogP contribution in [-0.2, 0) is 11.3 Å². The van der Waals surface area contributed by atoms with E-state index in [1.54, 1.807) is 6.07 Å². The van der Waals surface area contributed by atoms with Crippen molar-refractivity contribution in [3.8, 4) is 5.75 Å². The summed E-state index contributed by atoms with van der Waals surface area (Å²) in [4.78, 5) is 10.7. The summed E-state index contributed by atoms with van der Waals surface area (Å²) in [5.74, 6) is -0.340. The third-order valence-electron chi connectivity index (χ3n) is 5.08. The second-order valence-corrected chi connectivity index (χ2v) is 7.41. The summed E-state index contributed by atoms with van der Waals surface area (Å²) in [6.45, 7) is 0.268. The first kappa shape index (κ1) is 21.1. The lowest BCUT2D eigenvalue weighted by Crippen LogP contribution is -2.09. The molecule has 0 spiro atoms. The van der Waals surface area contributed by atoms with Gasteiger partial charge in [0.1, 0.15) is 5.75 Å². The number of allylic oxidation sites excluding steroid dienone is 1. The highest BCUT2D eigenvalue weighted by molar-refractivity contribution is 5.68. The van der Waals surface area contributed by atoms with Gasteiger partial charge in [0.05, 0.1) is 12.7 Å². The summed E-state index contributed by atoms with van der Waals surface area (Å²) < 4.78 is 7.15. The Bertz CT molecular complexity index is 1140. The number of hydrogen-bond donors (Lipinski definition) is 1. The maximum absolute atomic E-state index is 10.7. The Balaban J connectivity index is 1.48.